The molecule has 0 aliphatic heterocycles. The van der Waals surface area contributed by atoms with E-state index in [1.165, 1.54) is 6.07 Å². The zero-order chi connectivity index (χ0) is 13.8. The number of hydrogen-bond donors (Lipinski definition) is 0. The third-order valence-corrected chi connectivity index (χ3v) is 4.16. The highest BCUT2D eigenvalue weighted by Crippen LogP contribution is 2.26. The van der Waals surface area contributed by atoms with Crippen LogP contribution in [0.15, 0.2) is 45.3 Å². The Kier molecular flexibility index (Phi) is 5.42. The Bertz CT molecular complexity index is 587. The number of halogens is 4. The van der Waals surface area contributed by atoms with E-state index in [1.807, 2.05) is 18.2 Å². The second-order valence-corrected chi connectivity index (χ2v) is 6.30. The summed E-state index contributed by atoms with van der Waals surface area (Å²) in [5.41, 5.74) is 1.55. The summed E-state index contributed by atoms with van der Waals surface area (Å²) < 4.78 is 21.1. The summed E-state index contributed by atoms with van der Waals surface area (Å²) in [4.78, 5) is 0. The van der Waals surface area contributed by atoms with E-state index in [0.29, 0.717) is 10.9 Å². The lowest BCUT2D eigenvalue weighted by Crippen LogP contribution is -2.00. The lowest BCUT2D eigenvalue weighted by molar-refractivity contribution is 0.297. The standard InChI is InChI=1S/C14H10Br3FO/c15-7-10-5-11(16)3-4-14(10)19-8-9-1-2-12(17)6-13(9)18/h1-6H,7-8H2. The van der Waals surface area contributed by atoms with E-state index in [1.54, 1.807) is 12.1 Å². The van der Waals surface area contributed by atoms with Gasteiger partial charge in [0.25, 0.3) is 0 Å². The van der Waals surface area contributed by atoms with Gasteiger partial charge in [0.15, 0.2) is 0 Å². The molecule has 2 aromatic carbocycles. The Labute approximate surface area is 136 Å². The van der Waals surface area contributed by atoms with Gasteiger partial charge in [-0.05, 0) is 30.3 Å². The highest BCUT2D eigenvalue weighted by atomic mass is 79.9. The molecule has 19 heavy (non-hydrogen) atoms. The highest BCUT2D eigenvalue weighted by molar-refractivity contribution is 9.10. The van der Waals surface area contributed by atoms with E-state index < -0.39 is 0 Å². The van der Waals surface area contributed by atoms with Crippen molar-refractivity contribution in [2.75, 3.05) is 0 Å². The molecule has 0 amide bonds. The minimum absolute atomic E-state index is 0.209. The quantitative estimate of drug-likeness (QED) is 0.531. The first-order valence-corrected chi connectivity index (χ1v) is 8.22. The summed E-state index contributed by atoms with van der Waals surface area (Å²) in [5, 5.41) is 0.685. The van der Waals surface area contributed by atoms with Crippen LogP contribution in [-0.2, 0) is 11.9 Å². The fraction of sp³-hybridized carbons (Fsp3) is 0.143. The van der Waals surface area contributed by atoms with E-state index >= 15 is 0 Å². The first-order valence-electron chi connectivity index (χ1n) is 5.51. The van der Waals surface area contributed by atoms with Crippen LogP contribution in [0.1, 0.15) is 11.1 Å². The van der Waals surface area contributed by atoms with Gasteiger partial charge >= 0.3 is 0 Å². The smallest absolute Gasteiger partial charge is 0.130 e. The predicted molar refractivity (Wildman–Crippen MR) is 85.2 cm³/mol. The molecule has 0 atom stereocenters. The lowest BCUT2D eigenvalue weighted by Gasteiger charge is -2.11. The van der Waals surface area contributed by atoms with Crippen LogP contribution in [0.25, 0.3) is 0 Å². The first kappa shape index (κ1) is 15.0. The van der Waals surface area contributed by atoms with Gasteiger partial charge in [0.1, 0.15) is 18.2 Å². The minimum Gasteiger partial charge on any atom is -0.488 e. The monoisotopic (exact) mass is 450 g/mol. The summed E-state index contributed by atoms with van der Waals surface area (Å²) in [6.45, 7) is 0.209. The normalized spacial score (nSPS) is 10.5. The van der Waals surface area contributed by atoms with Gasteiger partial charge in [-0.2, -0.15) is 0 Å². The molecular formula is C14H10Br3FO. The van der Waals surface area contributed by atoms with E-state index in [2.05, 4.69) is 47.8 Å². The van der Waals surface area contributed by atoms with Crippen LogP contribution in [-0.4, -0.2) is 0 Å². The third kappa shape index (κ3) is 4.04. The molecule has 1 nitrogen and oxygen atoms in total. The van der Waals surface area contributed by atoms with Crippen molar-refractivity contribution in [3.63, 3.8) is 0 Å². The average molecular weight is 453 g/mol. The second kappa shape index (κ2) is 6.86. The summed E-state index contributed by atoms with van der Waals surface area (Å²) >= 11 is 10.1. The van der Waals surface area contributed by atoms with E-state index in [-0.39, 0.29) is 12.4 Å². The molecule has 0 saturated carbocycles. The van der Waals surface area contributed by atoms with Crippen molar-refractivity contribution in [2.45, 2.75) is 11.9 Å². The molecular weight excluding hydrogens is 443 g/mol. The molecule has 0 saturated heterocycles. The molecule has 0 aromatic heterocycles. The number of rotatable bonds is 4. The Morgan fingerprint density at radius 2 is 1.63 bits per heavy atom. The zero-order valence-corrected chi connectivity index (χ0v) is 14.6. The maximum atomic E-state index is 13.7. The van der Waals surface area contributed by atoms with Crippen molar-refractivity contribution in [1.29, 1.82) is 0 Å². The van der Waals surface area contributed by atoms with Crippen LogP contribution in [0.5, 0.6) is 5.75 Å². The molecule has 0 unspecified atom stereocenters. The first-order chi connectivity index (χ1) is 9.10. The molecule has 0 aliphatic carbocycles. The summed E-state index contributed by atoms with van der Waals surface area (Å²) in [6.07, 6.45) is 0. The molecule has 0 bridgehead atoms. The van der Waals surface area contributed by atoms with Crippen LogP contribution in [0.3, 0.4) is 0 Å². The van der Waals surface area contributed by atoms with Crippen LogP contribution >= 0.6 is 47.8 Å². The summed E-state index contributed by atoms with van der Waals surface area (Å²) in [6, 6.07) is 10.7. The van der Waals surface area contributed by atoms with Crippen LogP contribution in [0.2, 0.25) is 0 Å². The number of hydrogen-bond acceptors (Lipinski definition) is 1. The fourth-order valence-electron chi connectivity index (χ4n) is 1.59. The minimum atomic E-state index is -0.271. The lowest BCUT2D eigenvalue weighted by atomic mass is 10.2. The van der Waals surface area contributed by atoms with Gasteiger partial charge in [-0.15, -0.1) is 0 Å². The molecule has 0 N–H and O–H groups in total. The van der Waals surface area contributed by atoms with Gasteiger partial charge in [-0.3, -0.25) is 0 Å². The van der Waals surface area contributed by atoms with Crippen LogP contribution in [0, 0.1) is 5.82 Å². The molecule has 2 aromatic rings. The molecule has 5 heteroatoms. The molecule has 0 radical (unpaired) electrons. The SMILES string of the molecule is Fc1cc(Br)ccc1COc1ccc(Br)cc1CBr. The van der Waals surface area contributed by atoms with Crippen molar-refractivity contribution in [3.8, 4) is 5.75 Å². The van der Waals surface area contributed by atoms with Gasteiger partial charge in [0.2, 0.25) is 0 Å². The van der Waals surface area contributed by atoms with Crippen molar-refractivity contribution in [3.05, 3.63) is 62.3 Å². The van der Waals surface area contributed by atoms with Crippen LogP contribution in [0.4, 0.5) is 4.39 Å². The third-order valence-electron chi connectivity index (χ3n) is 2.56. The Morgan fingerprint density at radius 1 is 0.947 bits per heavy atom. The zero-order valence-electron chi connectivity index (χ0n) is 9.80. The number of benzene rings is 2. The molecule has 100 valence electrons. The highest BCUT2D eigenvalue weighted by Gasteiger charge is 2.07. The van der Waals surface area contributed by atoms with Gasteiger partial charge in [0, 0.05) is 25.4 Å². The van der Waals surface area contributed by atoms with Gasteiger partial charge in [0.05, 0.1) is 0 Å². The van der Waals surface area contributed by atoms with Gasteiger partial charge < -0.3 is 4.74 Å². The Hall–Kier alpha value is -0.390. The Balaban J connectivity index is 2.14. The summed E-state index contributed by atoms with van der Waals surface area (Å²) in [5.74, 6) is 0.481. The largest absolute Gasteiger partial charge is 0.488 e. The fourth-order valence-corrected chi connectivity index (χ4v) is 2.77. The maximum Gasteiger partial charge on any atom is 0.130 e. The topological polar surface area (TPSA) is 9.23 Å². The number of alkyl halides is 1. The van der Waals surface area contributed by atoms with Crippen molar-refractivity contribution in [2.24, 2.45) is 0 Å². The van der Waals surface area contributed by atoms with Crippen LogP contribution < -0.4 is 4.74 Å². The van der Waals surface area contributed by atoms with Crippen molar-refractivity contribution >= 4 is 47.8 Å². The molecule has 0 aliphatic rings. The maximum absolute atomic E-state index is 13.7. The predicted octanol–water partition coefficient (Wildman–Crippen LogP) is 5.82. The molecule has 0 fully saturated rings. The second-order valence-electron chi connectivity index (χ2n) is 3.91. The van der Waals surface area contributed by atoms with Crippen molar-refractivity contribution in [1.82, 2.24) is 0 Å². The van der Waals surface area contributed by atoms with Gasteiger partial charge in [-0.1, -0.05) is 53.9 Å². The van der Waals surface area contributed by atoms with E-state index in [4.69, 9.17) is 4.74 Å². The molecule has 0 spiro atoms. The molecule has 0 heterocycles. The average Bonchev–Trinajstić information content (AvgIpc) is 2.39. The van der Waals surface area contributed by atoms with Crippen molar-refractivity contribution < 1.29 is 9.13 Å². The summed E-state index contributed by atoms with van der Waals surface area (Å²) in [7, 11) is 0. The van der Waals surface area contributed by atoms with E-state index in [0.717, 1.165) is 20.3 Å². The van der Waals surface area contributed by atoms with E-state index in [9.17, 15) is 4.39 Å². The van der Waals surface area contributed by atoms with Gasteiger partial charge in [-0.25, -0.2) is 4.39 Å². The number of ether oxygens (including phenoxy) is 1. The Morgan fingerprint density at radius 3 is 2.32 bits per heavy atom. The molecule has 2 rings (SSSR count).